The maximum absolute atomic E-state index is 8.34. The van der Waals surface area contributed by atoms with E-state index in [1.165, 1.54) is 0 Å². The van der Waals surface area contributed by atoms with Gasteiger partial charge in [-0.1, -0.05) is 0 Å². The third kappa shape index (κ3) is 5.35. The number of hydrogen-bond donors (Lipinski definition) is 4. The van der Waals surface area contributed by atoms with Gasteiger partial charge in [0.05, 0.1) is 0 Å². The Hall–Kier alpha value is -5.94. The van der Waals surface area contributed by atoms with Crippen molar-refractivity contribution in [2.45, 2.75) is 0 Å². The number of aliphatic imine (C=N–C) groups is 2. The van der Waals surface area contributed by atoms with Gasteiger partial charge < -0.3 is 0 Å². The summed E-state index contributed by atoms with van der Waals surface area (Å²) < 4.78 is 4.39. The molecule has 8 N–H and O–H groups in total. The van der Waals surface area contributed by atoms with Crippen LogP contribution in [0.4, 0.5) is 22.7 Å². The second-order valence-corrected chi connectivity index (χ2v) is 27.6. The van der Waals surface area contributed by atoms with Crippen molar-refractivity contribution in [1.29, 1.82) is 0 Å². The molecule has 2 aromatic heterocycles. The van der Waals surface area contributed by atoms with Crippen LogP contribution in [0.5, 0.6) is 0 Å². The van der Waals surface area contributed by atoms with Crippen molar-refractivity contribution in [3.63, 3.8) is 0 Å². The summed E-state index contributed by atoms with van der Waals surface area (Å²) in [7, 11) is 16.7. The molecule has 0 unspecified atom stereocenters. The van der Waals surface area contributed by atoms with E-state index in [4.69, 9.17) is 50.8 Å². The molecule has 6 aromatic rings. The summed E-state index contributed by atoms with van der Waals surface area (Å²) in [5, 5.41) is 1.67. The number of nitrogen functional groups attached to an aromatic ring is 4. The summed E-state index contributed by atoms with van der Waals surface area (Å²) in [6.07, 6.45) is 8.25. The summed E-state index contributed by atoms with van der Waals surface area (Å²) >= 11 is -5.10. The first-order valence-corrected chi connectivity index (χ1v) is 27.5. The maximum atomic E-state index is 8.34. The van der Waals surface area contributed by atoms with Gasteiger partial charge in [-0.2, -0.15) is 0 Å². The molecule has 4 aromatic carbocycles. The van der Waals surface area contributed by atoms with E-state index in [-0.39, 0.29) is 0 Å². The summed E-state index contributed by atoms with van der Waals surface area (Å²) in [6.45, 7) is 0. The predicted molar refractivity (Wildman–Crippen MR) is 230 cm³/mol. The van der Waals surface area contributed by atoms with E-state index >= 15 is 0 Å². The molecule has 6 heterocycles. The molecule has 0 fully saturated rings. The number of aromatic nitrogens is 2. The Morgan fingerprint density at radius 3 is 1.05 bits per heavy atom. The Bertz CT molecular complexity index is 2750. The fourth-order valence-electron chi connectivity index (χ4n) is 7.92. The fourth-order valence-corrected chi connectivity index (χ4v) is 18.8. The van der Waals surface area contributed by atoms with Crippen LogP contribution >= 0.6 is 17.8 Å². The average Bonchev–Trinajstić information content (AvgIpc) is 4.01. The van der Waals surface area contributed by atoms with Gasteiger partial charge in [0.15, 0.2) is 0 Å². The van der Waals surface area contributed by atoms with Gasteiger partial charge in [0.2, 0.25) is 0 Å². The Morgan fingerprint density at radius 1 is 0.382 bits per heavy atom. The Morgan fingerprint density at radius 2 is 0.709 bits per heavy atom. The number of halogens is 2. The normalized spacial score (nSPS) is 16.5. The molecule has 0 amide bonds. The van der Waals surface area contributed by atoms with Gasteiger partial charge in [0.1, 0.15) is 0 Å². The molecule has 0 spiro atoms. The Kier molecular flexibility index (Phi) is 7.68. The van der Waals surface area contributed by atoms with E-state index < -0.39 is 16.7 Å². The van der Waals surface area contributed by atoms with E-state index in [0.29, 0.717) is 22.7 Å². The molecule has 11 heteroatoms. The number of hydrogen-bond acceptors (Lipinski definition) is 6. The van der Waals surface area contributed by atoms with E-state index in [1.54, 1.807) is 0 Å². The molecule has 0 saturated carbocycles. The number of nitrogens with zero attached hydrogens (tertiary/aromatic N) is 4. The average molecular weight is 862 g/mol. The summed E-state index contributed by atoms with van der Waals surface area (Å²) in [5.41, 5.74) is 39.5. The standard InChI is InChI=1S/C44H32N8.2ClH.Sn/c45-29-9-1-25(2-10-29)41-33-17-19-35(49-33)42(26-3-11-30(46)12-4-26)37-21-23-39(51-37)44(28-7-15-32(48)16-8-28)40-24-22-38(52-40)43(36-20-18-34(41)50-36)27-5-13-31(47)14-6-27;;;/h1-24H,45-48H2;2*1H;/q-2;;;+4/p-2. The van der Waals surface area contributed by atoms with E-state index in [1.807, 2.05) is 97.1 Å². The minimum atomic E-state index is -5.10. The molecule has 0 radical (unpaired) electrons. The number of rotatable bonds is 4. The van der Waals surface area contributed by atoms with Gasteiger partial charge in [-0.3, -0.25) is 0 Å². The molecule has 55 heavy (non-hydrogen) atoms. The fraction of sp³-hybridized carbons (Fsp3) is 0. The molecule has 0 atom stereocenters. The van der Waals surface area contributed by atoms with Gasteiger partial charge in [-0.05, 0) is 0 Å². The number of fused-ring (bicyclic) bond motifs is 2. The van der Waals surface area contributed by atoms with Crippen LogP contribution in [-0.2, 0) is 0 Å². The van der Waals surface area contributed by atoms with Gasteiger partial charge in [0.25, 0.3) is 0 Å². The van der Waals surface area contributed by atoms with Gasteiger partial charge in [-0.25, -0.2) is 0 Å². The van der Waals surface area contributed by atoms with Crippen LogP contribution in [0.15, 0.2) is 167 Å². The second kappa shape index (κ2) is 12.6. The SMILES string of the molecule is Nc1ccc(C2=C3C=CC(=N3)C(c3ccc(N)cc3)=c3ccc4[n]3[Sn]([Cl])([Cl])[n]3c2ccc3C(c2ccc(N)cc2)=C2C=CC(=N2)C=4c2ccc(N)cc2)cc1. The van der Waals surface area contributed by atoms with E-state index in [9.17, 15) is 0 Å². The summed E-state index contributed by atoms with van der Waals surface area (Å²) in [4.78, 5) is 10.8. The van der Waals surface area contributed by atoms with Crippen LogP contribution in [0.2, 0.25) is 0 Å². The molecule has 4 aliphatic rings. The van der Waals surface area contributed by atoms with Crippen molar-refractivity contribution in [3.8, 4) is 0 Å². The van der Waals surface area contributed by atoms with Crippen molar-refractivity contribution in [3.05, 3.63) is 201 Å². The van der Waals surface area contributed by atoms with Crippen molar-refractivity contribution in [1.82, 2.24) is 5.58 Å². The van der Waals surface area contributed by atoms with Crippen LogP contribution in [0.1, 0.15) is 33.6 Å². The number of anilines is 4. The van der Waals surface area contributed by atoms with E-state index in [0.717, 1.165) is 89.4 Å². The van der Waals surface area contributed by atoms with Gasteiger partial charge >= 0.3 is 331 Å². The van der Waals surface area contributed by atoms with Gasteiger partial charge in [-0.15, -0.1) is 0 Å². The number of allylic oxidation sites excluding steroid dienone is 4. The van der Waals surface area contributed by atoms with Crippen molar-refractivity contribution < 1.29 is 0 Å². The number of nitrogens with two attached hydrogens (primary N) is 4. The first-order chi connectivity index (χ1) is 26.7. The molecule has 266 valence electrons. The first-order valence-electron chi connectivity index (χ1n) is 17.7. The van der Waals surface area contributed by atoms with Crippen LogP contribution < -0.4 is 33.6 Å². The third-order valence-corrected chi connectivity index (χ3v) is 20.8. The molecular weight excluding hydrogens is 830 g/mol. The molecule has 0 saturated heterocycles. The zero-order valence-corrected chi connectivity index (χ0v) is 33.6. The zero-order chi connectivity index (χ0) is 37.6. The van der Waals surface area contributed by atoms with Crippen molar-refractivity contribution >= 4 is 91.0 Å². The van der Waals surface area contributed by atoms with Crippen molar-refractivity contribution in [2.24, 2.45) is 9.98 Å². The number of benzene rings is 4. The molecule has 4 aliphatic heterocycles. The monoisotopic (exact) mass is 862 g/mol. The third-order valence-electron chi connectivity index (χ3n) is 10.4. The van der Waals surface area contributed by atoms with Crippen LogP contribution in [0.25, 0.3) is 22.3 Å². The Balaban J connectivity index is 1.46. The predicted octanol–water partition coefficient (Wildman–Crippen LogP) is 6.89. The molecule has 8 nitrogen and oxygen atoms in total. The topological polar surface area (TPSA) is 139 Å². The molecule has 6 bridgehead atoms. The molecule has 0 aliphatic carbocycles. The van der Waals surface area contributed by atoms with Crippen molar-refractivity contribution in [2.75, 3.05) is 22.9 Å². The molecular formula is C44H32Cl2N8Sn. The Labute approximate surface area is 328 Å². The first kappa shape index (κ1) is 33.6. The molecule has 10 rings (SSSR count). The van der Waals surface area contributed by atoms with Crippen LogP contribution in [0, 0.1) is 0 Å². The van der Waals surface area contributed by atoms with Crippen LogP contribution in [0.3, 0.4) is 0 Å². The zero-order valence-electron chi connectivity index (χ0n) is 29.2. The summed E-state index contributed by atoms with van der Waals surface area (Å²) in [6, 6.07) is 39.8. The second-order valence-electron chi connectivity index (χ2n) is 13.8. The minimum absolute atomic E-state index is 0.658. The quantitative estimate of drug-likeness (QED) is 0.113. The van der Waals surface area contributed by atoms with Crippen LogP contribution in [-0.4, -0.2) is 33.7 Å². The summed E-state index contributed by atoms with van der Waals surface area (Å²) in [5.74, 6) is 0. The van der Waals surface area contributed by atoms with E-state index in [2.05, 4.69) is 54.1 Å². The van der Waals surface area contributed by atoms with Gasteiger partial charge in [0, 0.05) is 0 Å².